The fraction of sp³-hybridized carbons (Fsp3) is 0.150. The van der Waals surface area contributed by atoms with Crippen LogP contribution in [0.15, 0.2) is 64.2 Å². The third-order valence-corrected chi connectivity index (χ3v) is 6.96. The number of benzene rings is 2. The van der Waals surface area contributed by atoms with Crippen molar-refractivity contribution < 1.29 is 30.8 Å². The first-order valence-corrected chi connectivity index (χ1v) is 11.2. The number of nitrogens with one attached hydrogen (secondary N) is 2. The fourth-order valence-corrected chi connectivity index (χ4v) is 4.77. The minimum Gasteiger partial charge on any atom is -0.352 e. The lowest BCUT2D eigenvalue weighted by Gasteiger charge is -2.14. The summed E-state index contributed by atoms with van der Waals surface area (Å²) in [7, 11) is -3.69. The Kier molecular flexibility index (Phi) is 6.65. The molecule has 3 aromatic rings. The topological polar surface area (TPSA) is 75.3 Å². The van der Waals surface area contributed by atoms with E-state index in [1.807, 2.05) is 0 Å². The number of sulfonamides is 1. The van der Waals surface area contributed by atoms with Crippen LogP contribution in [0, 0.1) is 5.82 Å². The second kappa shape index (κ2) is 9.06. The highest BCUT2D eigenvalue weighted by Crippen LogP contribution is 2.32. The Bertz CT molecular complexity index is 1160. The van der Waals surface area contributed by atoms with E-state index in [1.54, 1.807) is 11.4 Å². The van der Waals surface area contributed by atoms with E-state index in [0.717, 1.165) is 23.5 Å². The molecule has 11 heteroatoms. The first-order chi connectivity index (χ1) is 14.5. The van der Waals surface area contributed by atoms with Gasteiger partial charge in [0.15, 0.2) is 0 Å². The van der Waals surface area contributed by atoms with Crippen molar-refractivity contribution in [1.82, 2.24) is 5.32 Å². The number of halogens is 4. The molecule has 0 aliphatic rings. The Labute approximate surface area is 179 Å². The van der Waals surface area contributed by atoms with Gasteiger partial charge in [-0.15, -0.1) is 11.3 Å². The summed E-state index contributed by atoms with van der Waals surface area (Å²) in [4.78, 5) is 12.1. The van der Waals surface area contributed by atoms with Gasteiger partial charge in [-0.3, -0.25) is 9.52 Å². The molecule has 0 radical (unpaired) electrons. The zero-order valence-corrected chi connectivity index (χ0v) is 17.4. The Hall–Kier alpha value is -2.92. The van der Waals surface area contributed by atoms with Crippen LogP contribution in [0.5, 0.6) is 0 Å². The molecule has 0 spiro atoms. The highest BCUT2D eigenvalue weighted by atomic mass is 32.2. The van der Waals surface area contributed by atoms with Crippen LogP contribution < -0.4 is 10.0 Å². The Morgan fingerprint density at radius 1 is 1.03 bits per heavy atom. The SMILES string of the molecule is O=C(Cc1ccc(NS(=O)(=O)c2cccs2)cc1)NCc1ccc(F)cc1C(F)(F)F. The predicted molar refractivity (Wildman–Crippen MR) is 109 cm³/mol. The highest BCUT2D eigenvalue weighted by Gasteiger charge is 2.33. The second-order valence-electron chi connectivity index (χ2n) is 6.49. The molecule has 1 aromatic heterocycles. The molecule has 164 valence electrons. The van der Waals surface area contributed by atoms with E-state index >= 15 is 0 Å². The van der Waals surface area contributed by atoms with Crippen LogP contribution in [-0.2, 0) is 34.0 Å². The number of hydrogen-bond acceptors (Lipinski definition) is 4. The third-order valence-electron chi connectivity index (χ3n) is 4.18. The van der Waals surface area contributed by atoms with E-state index in [0.29, 0.717) is 17.3 Å². The third kappa shape index (κ3) is 6.05. The van der Waals surface area contributed by atoms with Crippen molar-refractivity contribution in [1.29, 1.82) is 0 Å². The van der Waals surface area contributed by atoms with Crippen molar-refractivity contribution >= 4 is 33.0 Å². The number of thiophene rings is 1. The summed E-state index contributed by atoms with van der Waals surface area (Å²) in [6, 6.07) is 11.4. The van der Waals surface area contributed by atoms with E-state index < -0.39 is 40.0 Å². The normalized spacial score (nSPS) is 11.9. The second-order valence-corrected chi connectivity index (χ2v) is 9.34. The first kappa shape index (κ1) is 22.8. The van der Waals surface area contributed by atoms with E-state index in [1.165, 1.54) is 30.3 Å². The highest BCUT2D eigenvalue weighted by molar-refractivity contribution is 7.94. The summed E-state index contributed by atoms with van der Waals surface area (Å²) < 4.78 is 79.2. The molecular formula is C20H16F4N2O3S2. The lowest BCUT2D eigenvalue weighted by Crippen LogP contribution is -2.26. The van der Waals surface area contributed by atoms with Gasteiger partial charge in [0.25, 0.3) is 10.0 Å². The molecule has 0 saturated heterocycles. The van der Waals surface area contributed by atoms with Crippen molar-refractivity contribution in [3.05, 3.63) is 82.5 Å². The summed E-state index contributed by atoms with van der Waals surface area (Å²) in [6.45, 7) is -0.410. The van der Waals surface area contributed by atoms with Crippen LogP contribution in [0.4, 0.5) is 23.2 Å². The summed E-state index contributed by atoms with van der Waals surface area (Å²) in [5.74, 6) is -1.55. The predicted octanol–water partition coefficient (Wildman–Crippen LogP) is 4.57. The minimum absolute atomic E-state index is 0.125. The van der Waals surface area contributed by atoms with Gasteiger partial charge in [0.2, 0.25) is 5.91 Å². The zero-order valence-electron chi connectivity index (χ0n) is 15.7. The number of rotatable bonds is 7. The molecule has 0 saturated carbocycles. The molecule has 0 aliphatic carbocycles. The molecule has 3 rings (SSSR count). The molecule has 0 atom stereocenters. The van der Waals surface area contributed by atoms with Gasteiger partial charge in [-0.2, -0.15) is 13.2 Å². The first-order valence-electron chi connectivity index (χ1n) is 8.82. The van der Waals surface area contributed by atoms with Crippen LogP contribution >= 0.6 is 11.3 Å². The molecule has 0 bridgehead atoms. The van der Waals surface area contributed by atoms with Gasteiger partial charge in [0, 0.05) is 12.2 Å². The number of carbonyl (C=O) groups excluding carboxylic acids is 1. The van der Waals surface area contributed by atoms with Gasteiger partial charge >= 0.3 is 6.18 Å². The number of anilines is 1. The maximum atomic E-state index is 13.1. The molecule has 0 unspecified atom stereocenters. The summed E-state index contributed by atoms with van der Waals surface area (Å²) in [6.07, 6.45) is -4.87. The van der Waals surface area contributed by atoms with Gasteiger partial charge in [0.1, 0.15) is 10.0 Å². The van der Waals surface area contributed by atoms with E-state index in [-0.39, 0.29) is 16.2 Å². The maximum Gasteiger partial charge on any atom is 0.416 e. The summed E-state index contributed by atoms with van der Waals surface area (Å²) in [5, 5.41) is 4.02. The molecule has 1 heterocycles. The van der Waals surface area contributed by atoms with Crippen molar-refractivity contribution in [3.8, 4) is 0 Å². The van der Waals surface area contributed by atoms with Crippen LogP contribution in [0.25, 0.3) is 0 Å². The molecule has 0 aliphatic heterocycles. The summed E-state index contributed by atoms with van der Waals surface area (Å²) in [5.41, 5.74) is -0.554. The molecular weight excluding hydrogens is 456 g/mol. The number of alkyl halides is 3. The van der Waals surface area contributed by atoms with Gasteiger partial charge in [-0.1, -0.05) is 24.3 Å². The van der Waals surface area contributed by atoms with Gasteiger partial charge in [-0.05, 0) is 46.8 Å². The van der Waals surface area contributed by atoms with Gasteiger partial charge in [-0.25, -0.2) is 12.8 Å². The van der Waals surface area contributed by atoms with Crippen molar-refractivity contribution in [2.24, 2.45) is 0 Å². The summed E-state index contributed by atoms with van der Waals surface area (Å²) >= 11 is 1.07. The minimum atomic E-state index is -4.74. The molecule has 2 N–H and O–H groups in total. The smallest absolute Gasteiger partial charge is 0.352 e. The monoisotopic (exact) mass is 472 g/mol. The largest absolute Gasteiger partial charge is 0.416 e. The van der Waals surface area contributed by atoms with Gasteiger partial charge < -0.3 is 5.32 Å². The van der Waals surface area contributed by atoms with E-state index in [9.17, 15) is 30.8 Å². The van der Waals surface area contributed by atoms with E-state index in [2.05, 4.69) is 10.0 Å². The number of amides is 1. The molecule has 1 amide bonds. The quantitative estimate of drug-likeness (QED) is 0.495. The standard InChI is InChI=1S/C20H16F4N2O3S2/c21-15-6-5-14(17(11-15)20(22,23)24)12-25-18(27)10-13-3-7-16(8-4-13)26-31(28,29)19-2-1-9-30-19/h1-9,11,26H,10,12H2,(H,25,27). The average Bonchev–Trinajstić information content (AvgIpc) is 3.23. The Morgan fingerprint density at radius 2 is 1.74 bits per heavy atom. The van der Waals surface area contributed by atoms with Crippen LogP contribution in [0.1, 0.15) is 16.7 Å². The number of carbonyl (C=O) groups is 1. The lowest BCUT2D eigenvalue weighted by atomic mass is 10.1. The van der Waals surface area contributed by atoms with Crippen LogP contribution in [0.3, 0.4) is 0 Å². The van der Waals surface area contributed by atoms with Crippen LogP contribution in [0.2, 0.25) is 0 Å². The zero-order chi connectivity index (χ0) is 22.6. The van der Waals surface area contributed by atoms with Gasteiger partial charge in [0.05, 0.1) is 12.0 Å². The Balaban J connectivity index is 1.59. The van der Waals surface area contributed by atoms with Crippen LogP contribution in [-0.4, -0.2) is 14.3 Å². The lowest BCUT2D eigenvalue weighted by molar-refractivity contribution is -0.138. The van der Waals surface area contributed by atoms with E-state index in [4.69, 9.17) is 0 Å². The maximum absolute atomic E-state index is 13.1. The molecule has 5 nitrogen and oxygen atoms in total. The van der Waals surface area contributed by atoms with Crippen molar-refractivity contribution in [2.75, 3.05) is 4.72 Å². The van der Waals surface area contributed by atoms with Crippen molar-refractivity contribution in [2.45, 2.75) is 23.4 Å². The molecule has 0 fully saturated rings. The Morgan fingerprint density at radius 3 is 2.35 bits per heavy atom. The molecule has 31 heavy (non-hydrogen) atoms. The van der Waals surface area contributed by atoms with Crippen molar-refractivity contribution in [3.63, 3.8) is 0 Å². The average molecular weight is 472 g/mol. The fourth-order valence-electron chi connectivity index (χ4n) is 2.72. The number of hydrogen-bond donors (Lipinski definition) is 2. The molecule has 2 aromatic carbocycles.